The lowest BCUT2D eigenvalue weighted by Crippen LogP contribution is -2.09. The van der Waals surface area contributed by atoms with Crippen LogP contribution in [0.1, 0.15) is 43.1 Å². The van der Waals surface area contributed by atoms with Crippen molar-refractivity contribution in [2.75, 3.05) is 6.61 Å². The van der Waals surface area contributed by atoms with Crippen molar-refractivity contribution in [3.63, 3.8) is 0 Å². The van der Waals surface area contributed by atoms with Crippen LogP contribution in [0.5, 0.6) is 11.5 Å². The van der Waals surface area contributed by atoms with Gasteiger partial charge in [0.15, 0.2) is 0 Å². The van der Waals surface area contributed by atoms with E-state index < -0.39 is 5.97 Å². The number of ether oxygens (including phenoxy) is 2. The lowest BCUT2D eigenvalue weighted by molar-refractivity contribution is 0.0735. The molecule has 0 N–H and O–H groups in total. The molecule has 0 saturated heterocycles. The van der Waals surface area contributed by atoms with Crippen LogP contribution in [0.15, 0.2) is 42.5 Å². The first-order valence-corrected chi connectivity index (χ1v) is 8.61. The van der Waals surface area contributed by atoms with Crippen molar-refractivity contribution in [1.82, 2.24) is 0 Å². The van der Waals surface area contributed by atoms with E-state index in [2.05, 4.69) is 20.8 Å². The smallest absolute Gasteiger partial charge is 0.345 e. The maximum atomic E-state index is 12.3. The number of halogens is 1. The predicted molar refractivity (Wildman–Crippen MR) is 97.2 cm³/mol. The van der Waals surface area contributed by atoms with Crippen molar-refractivity contribution in [1.29, 1.82) is 0 Å². The molecule has 0 aliphatic heterocycles. The van der Waals surface area contributed by atoms with E-state index in [9.17, 15) is 4.79 Å². The Labute approximate surface area is 148 Å². The molecular weight excluding hydrogens is 324 g/mol. The van der Waals surface area contributed by atoms with Crippen LogP contribution in [-0.4, -0.2) is 12.6 Å². The Morgan fingerprint density at radius 2 is 1.75 bits per heavy atom. The SMILES string of the molecule is CCc1ccc(OC(=O)c2ccc(OCCC(C)C)cc2Cl)cc1. The van der Waals surface area contributed by atoms with Gasteiger partial charge in [0.05, 0.1) is 17.2 Å². The molecule has 0 spiro atoms. The van der Waals surface area contributed by atoms with Gasteiger partial charge in [-0.05, 0) is 54.7 Å². The summed E-state index contributed by atoms with van der Waals surface area (Å²) in [7, 11) is 0. The van der Waals surface area contributed by atoms with Crippen LogP contribution in [0, 0.1) is 5.92 Å². The number of hydrogen-bond donors (Lipinski definition) is 0. The number of carbonyl (C=O) groups excluding carboxylic acids is 1. The van der Waals surface area contributed by atoms with E-state index in [4.69, 9.17) is 21.1 Å². The normalized spacial score (nSPS) is 10.7. The van der Waals surface area contributed by atoms with E-state index in [1.807, 2.05) is 12.1 Å². The largest absolute Gasteiger partial charge is 0.494 e. The lowest BCUT2D eigenvalue weighted by atomic mass is 10.1. The quantitative estimate of drug-likeness (QED) is 0.487. The second kappa shape index (κ2) is 8.74. The highest BCUT2D eigenvalue weighted by atomic mass is 35.5. The third-order valence-electron chi connectivity index (χ3n) is 3.67. The Bertz CT molecular complexity index is 678. The molecule has 0 atom stereocenters. The van der Waals surface area contributed by atoms with Gasteiger partial charge in [0, 0.05) is 0 Å². The molecule has 0 fully saturated rings. The summed E-state index contributed by atoms with van der Waals surface area (Å²) >= 11 is 6.20. The number of carbonyl (C=O) groups is 1. The minimum absolute atomic E-state index is 0.326. The molecule has 0 heterocycles. The molecule has 0 saturated carbocycles. The van der Waals surface area contributed by atoms with Crippen LogP contribution in [0.25, 0.3) is 0 Å². The molecular formula is C20H23ClO3. The number of aryl methyl sites for hydroxylation is 1. The van der Waals surface area contributed by atoms with Gasteiger partial charge >= 0.3 is 5.97 Å². The molecule has 2 aromatic rings. The van der Waals surface area contributed by atoms with Crippen LogP contribution in [0.3, 0.4) is 0 Å². The highest BCUT2D eigenvalue weighted by Gasteiger charge is 2.14. The number of rotatable bonds is 7. The molecule has 128 valence electrons. The summed E-state index contributed by atoms with van der Waals surface area (Å²) in [6.45, 7) is 6.98. The van der Waals surface area contributed by atoms with Gasteiger partial charge in [0.1, 0.15) is 11.5 Å². The minimum Gasteiger partial charge on any atom is -0.494 e. The molecule has 4 heteroatoms. The van der Waals surface area contributed by atoms with E-state index in [-0.39, 0.29) is 0 Å². The van der Waals surface area contributed by atoms with Crippen molar-refractivity contribution in [3.05, 3.63) is 58.6 Å². The maximum absolute atomic E-state index is 12.3. The summed E-state index contributed by atoms with van der Waals surface area (Å²) < 4.78 is 11.0. The van der Waals surface area contributed by atoms with E-state index in [0.29, 0.717) is 34.6 Å². The third-order valence-corrected chi connectivity index (χ3v) is 3.98. The number of benzene rings is 2. The van der Waals surface area contributed by atoms with Gasteiger partial charge in [-0.3, -0.25) is 0 Å². The fraction of sp³-hybridized carbons (Fsp3) is 0.350. The van der Waals surface area contributed by atoms with Gasteiger partial charge in [0.25, 0.3) is 0 Å². The lowest BCUT2D eigenvalue weighted by Gasteiger charge is -2.10. The summed E-state index contributed by atoms with van der Waals surface area (Å²) in [6.07, 6.45) is 1.91. The molecule has 0 radical (unpaired) electrons. The molecule has 2 rings (SSSR count). The molecule has 0 bridgehead atoms. The summed E-state index contributed by atoms with van der Waals surface area (Å²) in [5.74, 6) is 1.27. The first-order valence-electron chi connectivity index (χ1n) is 8.23. The Balaban J connectivity index is 2.00. The summed E-state index contributed by atoms with van der Waals surface area (Å²) in [6, 6.07) is 12.5. The van der Waals surface area contributed by atoms with Gasteiger partial charge in [-0.25, -0.2) is 4.79 Å². The van der Waals surface area contributed by atoms with Gasteiger partial charge in [0.2, 0.25) is 0 Å². The fourth-order valence-corrected chi connectivity index (χ4v) is 2.37. The average molecular weight is 347 g/mol. The number of hydrogen-bond acceptors (Lipinski definition) is 3. The van der Waals surface area contributed by atoms with Crippen LogP contribution >= 0.6 is 11.6 Å². The van der Waals surface area contributed by atoms with E-state index in [1.165, 1.54) is 5.56 Å². The van der Waals surface area contributed by atoms with E-state index >= 15 is 0 Å². The van der Waals surface area contributed by atoms with Crippen LogP contribution in [-0.2, 0) is 6.42 Å². The van der Waals surface area contributed by atoms with Crippen LogP contribution < -0.4 is 9.47 Å². The zero-order valence-corrected chi connectivity index (χ0v) is 15.1. The third kappa shape index (κ3) is 5.27. The van der Waals surface area contributed by atoms with Gasteiger partial charge in [-0.2, -0.15) is 0 Å². The molecule has 2 aromatic carbocycles. The standard InChI is InChI=1S/C20H23ClO3/c1-4-15-5-7-16(8-6-15)24-20(22)18-10-9-17(13-19(18)21)23-12-11-14(2)3/h5-10,13-14H,4,11-12H2,1-3H3. The highest BCUT2D eigenvalue weighted by Crippen LogP contribution is 2.24. The Hall–Kier alpha value is -2.00. The van der Waals surface area contributed by atoms with Crippen molar-refractivity contribution in [2.45, 2.75) is 33.6 Å². The Morgan fingerprint density at radius 1 is 1.08 bits per heavy atom. The predicted octanol–water partition coefficient (Wildman–Crippen LogP) is 5.55. The van der Waals surface area contributed by atoms with Gasteiger partial charge in [-0.1, -0.05) is 44.5 Å². The molecule has 0 aliphatic carbocycles. The Morgan fingerprint density at radius 3 is 2.33 bits per heavy atom. The average Bonchev–Trinajstić information content (AvgIpc) is 2.55. The van der Waals surface area contributed by atoms with Crippen molar-refractivity contribution in [3.8, 4) is 11.5 Å². The maximum Gasteiger partial charge on any atom is 0.345 e. The summed E-state index contributed by atoms with van der Waals surface area (Å²) in [5, 5.41) is 0.326. The van der Waals surface area contributed by atoms with E-state index in [1.54, 1.807) is 30.3 Å². The molecule has 0 unspecified atom stereocenters. The van der Waals surface area contributed by atoms with Gasteiger partial charge in [-0.15, -0.1) is 0 Å². The van der Waals surface area contributed by atoms with Crippen molar-refractivity contribution >= 4 is 17.6 Å². The first kappa shape index (κ1) is 18.3. The van der Waals surface area contributed by atoms with Crippen molar-refractivity contribution in [2.24, 2.45) is 5.92 Å². The minimum atomic E-state index is -0.474. The Kier molecular flexibility index (Phi) is 6.68. The van der Waals surface area contributed by atoms with E-state index in [0.717, 1.165) is 12.8 Å². The fourth-order valence-electron chi connectivity index (χ4n) is 2.12. The zero-order valence-electron chi connectivity index (χ0n) is 14.3. The second-order valence-electron chi connectivity index (χ2n) is 6.06. The number of esters is 1. The van der Waals surface area contributed by atoms with Crippen molar-refractivity contribution < 1.29 is 14.3 Å². The van der Waals surface area contributed by atoms with Gasteiger partial charge < -0.3 is 9.47 Å². The molecule has 0 aromatic heterocycles. The monoisotopic (exact) mass is 346 g/mol. The van der Waals surface area contributed by atoms with Crippen LogP contribution in [0.4, 0.5) is 0 Å². The second-order valence-corrected chi connectivity index (χ2v) is 6.47. The zero-order chi connectivity index (χ0) is 17.5. The summed E-state index contributed by atoms with van der Waals surface area (Å²) in [4.78, 5) is 12.3. The molecule has 24 heavy (non-hydrogen) atoms. The highest BCUT2D eigenvalue weighted by molar-refractivity contribution is 6.33. The summed E-state index contributed by atoms with van der Waals surface area (Å²) in [5.41, 5.74) is 1.52. The van der Waals surface area contributed by atoms with Crippen LogP contribution in [0.2, 0.25) is 5.02 Å². The molecule has 0 aliphatic rings. The first-order chi connectivity index (χ1) is 11.5. The topological polar surface area (TPSA) is 35.5 Å². The molecule has 3 nitrogen and oxygen atoms in total. The molecule has 0 amide bonds.